The Kier molecular flexibility index (Phi) is 7.43. The molecule has 3 aromatic rings. The molecule has 0 aromatic heterocycles. The van der Waals surface area contributed by atoms with E-state index in [4.69, 9.17) is 4.74 Å². The van der Waals surface area contributed by atoms with Crippen molar-refractivity contribution in [2.75, 3.05) is 35.1 Å². The summed E-state index contributed by atoms with van der Waals surface area (Å²) in [4.78, 5) is 15.0. The number of rotatable bonds is 7. The SMILES string of the molecule is COc1ccc(NS(=O)(=O)c2cc(NC(=O)c3ccccc3Br)ccc2N2CCCCC2)cc1. The molecule has 4 rings (SSSR count). The van der Waals surface area contributed by atoms with Crippen molar-refractivity contribution in [3.8, 4) is 5.75 Å². The van der Waals surface area contributed by atoms with Crippen molar-refractivity contribution in [1.29, 1.82) is 0 Å². The van der Waals surface area contributed by atoms with Crippen LogP contribution in [0.5, 0.6) is 5.75 Å². The molecule has 1 aliphatic heterocycles. The van der Waals surface area contributed by atoms with E-state index in [9.17, 15) is 13.2 Å². The third kappa shape index (κ3) is 5.53. The maximum Gasteiger partial charge on any atom is 0.264 e. The number of anilines is 3. The van der Waals surface area contributed by atoms with E-state index in [1.165, 1.54) is 6.07 Å². The van der Waals surface area contributed by atoms with Gasteiger partial charge in [-0.15, -0.1) is 0 Å². The van der Waals surface area contributed by atoms with Crippen LogP contribution in [0.3, 0.4) is 0 Å². The highest BCUT2D eigenvalue weighted by Gasteiger charge is 2.24. The number of carbonyl (C=O) groups excluding carboxylic acids is 1. The van der Waals surface area contributed by atoms with Crippen LogP contribution in [0.2, 0.25) is 0 Å². The molecule has 3 aromatic carbocycles. The Morgan fingerprint density at radius 2 is 1.62 bits per heavy atom. The lowest BCUT2D eigenvalue weighted by Crippen LogP contribution is -2.31. The minimum atomic E-state index is -3.94. The zero-order valence-electron chi connectivity index (χ0n) is 18.8. The van der Waals surface area contributed by atoms with E-state index < -0.39 is 10.0 Å². The molecule has 1 saturated heterocycles. The Morgan fingerprint density at radius 3 is 2.29 bits per heavy atom. The molecule has 0 saturated carbocycles. The van der Waals surface area contributed by atoms with Crippen molar-refractivity contribution < 1.29 is 17.9 Å². The molecular weight excluding hydrogens is 518 g/mol. The Hall–Kier alpha value is -3.04. The second kappa shape index (κ2) is 10.5. The number of carbonyl (C=O) groups is 1. The van der Waals surface area contributed by atoms with Crippen LogP contribution in [-0.2, 0) is 10.0 Å². The lowest BCUT2D eigenvalue weighted by Gasteiger charge is -2.30. The van der Waals surface area contributed by atoms with E-state index in [2.05, 4.69) is 30.9 Å². The molecule has 0 aliphatic carbocycles. The summed E-state index contributed by atoms with van der Waals surface area (Å²) in [6, 6.07) is 18.8. The van der Waals surface area contributed by atoms with Gasteiger partial charge in [0.1, 0.15) is 10.6 Å². The molecule has 1 fully saturated rings. The lowest BCUT2D eigenvalue weighted by molar-refractivity contribution is 0.102. The van der Waals surface area contributed by atoms with Crippen LogP contribution in [0.4, 0.5) is 17.1 Å². The van der Waals surface area contributed by atoms with Gasteiger partial charge in [0, 0.05) is 28.9 Å². The summed E-state index contributed by atoms with van der Waals surface area (Å²) in [6.45, 7) is 1.57. The average molecular weight is 544 g/mol. The number of sulfonamides is 1. The van der Waals surface area contributed by atoms with Crippen LogP contribution in [0.15, 0.2) is 76.1 Å². The smallest absolute Gasteiger partial charge is 0.264 e. The molecule has 0 unspecified atom stereocenters. The molecule has 1 amide bonds. The summed E-state index contributed by atoms with van der Waals surface area (Å²) >= 11 is 3.39. The highest BCUT2D eigenvalue weighted by molar-refractivity contribution is 9.10. The second-order valence-corrected chi connectivity index (χ2v) is 10.5. The van der Waals surface area contributed by atoms with E-state index in [0.29, 0.717) is 32.8 Å². The van der Waals surface area contributed by atoms with Gasteiger partial charge < -0.3 is 15.0 Å². The number of methoxy groups -OCH3 is 1. The maximum absolute atomic E-state index is 13.5. The molecule has 0 atom stereocenters. The Morgan fingerprint density at radius 1 is 0.941 bits per heavy atom. The van der Waals surface area contributed by atoms with Crippen LogP contribution < -0.4 is 19.7 Å². The highest BCUT2D eigenvalue weighted by atomic mass is 79.9. The Balaban J connectivity index is 1.68. The summed E-state index contributed by atoms with van der Waals surface area (Å²) < 4.78 is 35.5. The van der Waals surface area contributed by atoms with Crippen molar-refractivity contribution in [3.05, 3.63) is 76.8 Å². The van der Waals surface area contributed by atoms with Gasteiger partial charge in [0.05, 0.1) is 18.4 Å². The molecule has 2 N–H and O–H groups in total. The number of nitrogens with zero attached hydrogens (tertiary/aromatic N) is 1. The molecule has 1 heterocycles. The van der Waals surface area contributed by atoms with Gasteiger partial charge in [-0.3, -0.25) is 9.52 Å². The largest absolute Gasteiger partial charge is 0.497 e. The molecule has 0 bridgehead atoms. The number of nitrogens with one attached hydrogen (secondary N) is 2. The van der Waals surface area contributed by atoms with E-state index in [1.807, 2.05) is 6.07 Å². The normalized spacial score (nSPS) is 13.9. The first-order chi connectivity index (χ1) is 16.4. The third-order valence-electron chi connectivity index (χ3n) is 5.66. The molecule has 34 heavy (non-hydrogen) atoms. The van der Waals surface area contributed by atoms with Gasteiger partial charge in [-0.2, -0.15) is 0 Å². The van der Waals surface area contributed by atoms with E-state index in [-0.39, 0.29) is 10.8 Å². The number of ether oxygens (including phenoxy) is 1. The average Bonchev–Trinajstić information content (AvgIpc) is 2.85. The van der Waals surface area contributed by atoms with Crippen LogP contribution in [0.1, 0.15) is 29.6 Å². The Labute approximate surface area is 208 Å². The number of hydrogen-bond donors (Lipinski definition) is 2. The van der Waals surface area contributed by atoms with Crippen LogP contribution in [-0.4, -0.2) is 34.5 Å². The number of amides is 1. The van der Waals surface area contributed by atoms with Crippen LogP contribution in [0.25, 0.3) is 0 Å². The zero-order valence-corrected chi connectivity index (χ0v) is 21.2. The van der Waals surface area contributed by atoms with Crippen LogP contribution in [0, 0.1) is 0 Å². The summed E-state index contributed by atoms with van der Waals surface area (Å²) in [5, 5.41) is 2.82. The van der Waals surface area contributed by atoms with Gasteiger partial charge in [0.25, 0.3) is 15.9 Å². The van der Waals surface area contributed by atoms with Gasteiger partial charge in [-0.05, 0) is 89.8 Å². The van der Waals surface area contributed by atoms with Crippen molar-refractivity contribution in [3.63, 3.8) is 0 Å². The van der Waals surface area contributed by atoms with Crippen molar-refractivity contribution in [2.24, 2.45) is 0 Å². The molecule has 7 nitrogen and oxygen atoms in total. The number of halogens is 1. The van der Waals surface area contributed by atoms with E-state index in [1.54, 1.807) is 61.7 Å². The third-order valence-corrected chi connectivity index (χ3v) is 7.77. The summed E-state index contributed by atoms with van der Waals surface area (Å²) in [6.07, 6.45) is 3.14. The predicted molar refractivity (Wildman–Crippen MR) is 138 cm³/mol. The number of benzene rings is 3. The van der Waals surface area contributed by atoms with Gasteiger partial charge >= 0.3 is 0 Å². The number of hydrogen-bond acceptors (Lipinski definition) is 5. The lowest BCUT2D eigenvalue weighted by atomic mass is 10.1. The zero-order chi connectivity index (χ0) is 24.1. The fraction of sp³-hybridized carbons (Fsp3) is 0.240. The molecule has 9 heteroatoms. The fourth-order valence-electron chi connectivity index (χ4n) is 3.92. The quantitative estimate of drug-likeness (QED) is 0.410. The molecule has 178 valence electrons. The van der Waals surface area contributed by atoms with Gasteiger partial charge in [-0.25, -0.2) is 8.42 Å². The maximum atomic E-state index is 13.5. The first kappa shape index (κ1) is 24.1. The monoisotopic (exact) mass is 543 g/mol. The van der Waals surface area contributed by atoms with Crippen molar-refractivity contribution >= 4 is 48.9 Å². The van der Waals surface area contributed by atoms with Crippen molar-refractivity contribution in [1.82, 2.24) is 0 Å². The second-order valence-electron chi connectivity index (χ2n) is 8.00. The predicted octanol–water partition coefficient (Wildman–Crippen LogP) is 5.50. The van der Waals surface area contributed by atoms with Gasteiger partial charge in [-0.1, -0.05) is 12.1 Å². The summed E-state index contributed by atoms with van der Waals surface area (Å²) in [5.74, 6) is 0.304. The van der Waals surface area contributed by atoms with Gasteiger partial charge in [0.15, 0.2) is 0 Å². The molecular formula is C25H26BrN3O4S. The summed E-state index contributed by atoms with van der Waals surface area (Å²) in [7, 11) is -2.38. The minimum Gasteiger partial charge on any atom is -0.497 e. The standard InChI is InChI=1S/C25H26BrN3O4S/c1-33-20-12-9-18(10-13-20)28-34(31,32)24-17-19(11-14-23(24)29-15-5-2-6-16-29)27-25(30)21-7-3-4-8-22(21)26/h3-4,7-14,17,28H,2,5-6,15-16H2,1H3,(H,27,30). The van der Waals surface area contributed by atoms with E-state index >= 15 is 0 Å². The molecule has 1 aliphatic rings. The van der Waals surface area contributed by atoms with Crippen molar-refractivity contribution in [2.45, 2.75) is 24.2 Å². The first-order valence-corrected chi connectivity index (χ1v) is 13.3. The fourth-order valence-corrected chi connectivity index (χ4v) is 5.69. The molecule has 0 spiro atoms. The summed E-state index contributed by atoms with van der Waals surface area (Å²) in [5.41, 5.74) is 1.91. The van der Waals surface area contributed by atoms with E-state index in [0.717, 1.165) is 32.4 Å². The minimum absolute atomic E-state index is 0.121. The topological polar surface area (TPSA) is 87.7 Å². The van der Waals surface area contributed by atoms with Crippen LogP contribution >= 0.6 is 15.9 Å². The van der Waals surface area contributed by atoms with Gasteiger partial charge in [0.2, 0.25) is 0 Å². The number of piperidine rings is 1. The Bertz CT molecular complexity index is 1270. The molecule has 0 radical (unpaired) electrons. The first-order valence-electron chi connectivity index (χ1n) is 11.0. The highest BCUT2D eigenvalue weighted by Crippen LogP contribution is 2.32.